The van der Waals surface area contributed by atoms with Crippen molar-refractivity contribution in [1.29, 1.82) is 0 Å². The number of rotatable bonds is 4. The Bertz CT molecular complexity index is 1290. The number of hydrogen-bond donors (Lipinski definition) is 1. The Morgan fingerprint density at radius 3 is 1.97 bits per heavy atom. The van der Waals surface area contributed by atoms with Crippen molar-refractivity contribution in [2.45, 2.75) is 20.0 Å². The number of aromatic nitrogens is 1. The number of hydrogen-bond acceptors (Lipinski definition) is 3. The first-order valence-electron chi connectivity index (χ1n) is 9.61. The van der Waals surface area contributed by atoms with Gasteiger partial charge >= 0.3 is 0 Å². The van der Waals surface area contributed by atoms with Gasteiger partial charge < -0.3 is 5.11 Å². The van der Waals surface area contributed by atoms with Gasteiger partial charge in [0.1, 0.15) is 17.7 Å². The number of aliphatic hydroxyl groups excluding tert-OH is 1. The van der Waals surface area contributed by atoms with Crippen molar-refractivity contribution in [2.24, 2.45) is 0 Å². The summed E-state index contributed by atoms with van der Waals surface area (Å²) < 4.78 is 86.8. The van der Waals surface area contributed by atoms with E-state index in [0.717, 1.165) is 37.3 Å². The number of thiophene rings is 1. The largest absolute Gasteiger partial charge is 0.384 e. The smallest absolute Gasteiger partial charge is 0.167 e. The van der Waals surface area contributed by atoms with E-state index in [4.69, 9.17) is 0 Å². The fraction of sp³-hybridized carbons (Fsp3) is 0.125. The van der Waals surface area contributed by atoms with Crippen LogP contribution < -0.4 is 0 Å². The summed E-state index contributed by atoms with van der Waals surface area (Å²) in [6.07, 6.45) is 1.14. The normalized spacial score (nSPS) is 12.3. The second-order valence-corrected chi connectivity index (χ2v) is 8.28. The maximum atomic E-state index is 14.8. The molecule has 0 radical (unpaired) electrons. The summed E-state index contributed by atoms with van der Waals surface area (Å²) in [5, 5.41) is 12.3. The molecule has 9 heteroatoms. The van der Waals surface area contributed by atoms with E-state index in [1.807, 2.05) is 0 Å². The third kappa shape index (κ3) is 3.81. The van der Waals surface area contributed by atoms with Gasteiger partial charge in [0, 0.05) is 56.2 Å². The highest BCUT2D eigenvalue weighted by atomic mass is 32.1. The molecule has 0 saturated carbocycles. The lowest BCUT2D eigenvalue weighted by Crippen LogP contribution is -2.05. The first kappa shape index (κ1) is 23.0. The summed E-state index contributed by atoms with van der Waals surface area (Å²) in [6, 6.07) is 4.49. The van der Waals surface area contributed by atoms with Crippen LogP contribution in [-0.2, 0) is 0 Å². The second kappa shape index (κ2) is 8.64. The molecule has 0 amide bonds. The Labute approximate surface area is 188 Å². The lowest BCUT2D eigenvalue weighted by Gasteiger charge is -2.17. The predicted molar refractivity (Wildman–Crippen MR) is 113 cm³/mol. The summed E-state index contributed by atoms with van der Waals surface area (Å²) in [5.41, 5.74) is -2.23. The Hall–Kier alpha value is -3.17. The number of nitrogens with zero attached hydrogens (tertiary/aromatic N) is 1. The maximum Gasteiger partial charge on any atom is 0.167 e. The van der Waals surface area contributed by atoms with Gasteiger partial charge in [0.2, 0.25) is 0 Å². The zero-order chi connectivity index (χ0) is 24.0. The van der Waals surface area contributed by atoms with Crippen molar-refractivity contribution >= 4 is 11.3 Å². The van der Waals surface area contributed by atoms with Crippen LogP contribution in [0.5, 0.6) is 0 Å². The maximum absolute atomic E-state index is 14.8. The van der Waals surface area contributed by atoms with Gasteiger partial charge in [-0.2, -0.15) is 0 Å². The zero-order valence-corrected chi connectivity index (χ0v) is 18.0. The van der Waals surface area contributed by atoms with E-state index in [1.54, 1.807) is 0 Å². The zero-order valence-electron chi connectivity index (χ0n) is 17.2. The van der Waals surface area contributed by atoms with Gasteiger partial charge in [-0.3, -0.25) is 4.98 Å². The van der Waals surface area contributed by atoms with Gasteiger partial charge in [0.15, 0.2) is 23.3 Å². The van der Waals surface area contributed by atoms with Crippen LogP contribution in [0.3, 0.4) is 0 Å². The summed E-state index contributed by atoms with van der Waals surface area (Å²) in [6.45, 7) is 2.13. The van der Waals surface area contributed by atoms with Gasteiger partial charge in [-0.1, -0.05) is 6.07 Å². The highest BCUT2D eigenvalue weighted by Crippen LogP contribution is 2.46. The molecule has 33 heavy (non-hydrogen) atoms. The minimum Gasteiger partial charge on any atom is -0.384 e. The van der Waals surface area contributed by atoms with E-state index in [0.29, 0.717) is 0 Å². The number of halogens is 6. The number of pyridine rings is 1. The van der Waals surface area contributed by atoms with Crippen LogP contribution in [0, 0.1) is 48.8 Å². The average Bonchev–Trinajstić information content (AvgIpc) is 3.25. The van der Waals surface area contributed by atoms with E-state index in [-0.39, 0.29) is 21.6 Å². The molecule has 0 spiro atoms. The number of aliphatic hydroxyl groups is 1. The fourth-order valence-corrected chi connectivity index (χ4v) is 4.61. The van der Waals surface area contributed by atoms with Gasteiger partial charge in [0.25, 0.3) is 0 Å². The lowest BCUT2D eigenvalue weighted by atomic mass is 9.92. The SMILES string of the molecule is Cc1c(F)cc(-c2csc(-c3cc(F)c(C)c(F)c3F)c2C(O)c2cccnc2)c(F)c1F. The Morgan fingerprint density at radius 2 is 1.39 bits per heavy atom. The summed E-state index contributed by atoms with van der Waals surface area (Å²) in [4.78, 5) is 3.76. The second-order valence-electron chi connectivity index (χ2n) is 7.40. The quantitative estimate of drug-likeness (QED) is 0.252. The van der Waals surface area contributed by atoms with E-state index < -0.39 is 63.3 Å². The van der Waals surface area contributed by atoms with Gasteiger partial charge in [-0.05, 0) is 37.4 Å². The molecule has 0 aliphatic carbocycles. The average molecular weight is 479 g/mol. The van der Waals surface area contributed by atoms with Crippen molar-refractivity contribution in [3.05, 3.63) is 99.2 Å². The molecule has 1 N–H and O–H groups in total. The predicted octanol–water partition coefficient (Wildman–Crippen LogP) is 7.01. The molecule has 2 aromatic heterocycles. The van der Waals surface area contributed by atoms with Crippen LogP contribution in [0.2, 0.25) is 0 Å². The minimum absolute atomic E-state index is 0.127. The van der Waals surface area contributed by atoms with E-state index in [2.05, 4.69) is 4.98 Å². The molecule has 0 saturated heterocycles. The molecule has 4 aromatic rings. The van der Waals surface area contributed by atoms with Gasteiger partial charge in [-0.15, -0.1) is 11.3 Å². The molecule has 1 atom stereocenters. The molecule has 0 fully saturated rings. The number of benzene rings is 2. The molecule has 2 heterocycles. The Balaban J connectivity index is 2.05. The van der Waals surface area contributed by atoms with Crippen LogP contribution in [0.1, 0.15) is 28.4 Å². The summed E-state index contributed by atoms with van der Waals surface area (Å²) in [5.74, 6) is -7.64. The van der Waals surface area contributed by atoms with Crippen LogP contribution >= 0.6 is 11.3 Å². The lowest BCUT2D eigenvalue weighted by molar-refractivity contribution is 0.221. The van der Waals surface area contributed by atoms with Crippen LogP contribution in [0.25, 0.3) is 21.6 Å². The molecule has 0 bridgehead atoms. The Kier molecular flexibility index (Phi) is 6.02. The fourth-order valence-electron chi connectivity index (χ4n) is 3.49. The molecule has 1 unspecified atom stereocenters. The van der Waals surface area contributed by atoms with E-state index in [1.165, 1.54) is 29.9 Å². The topological polar surface area (TPSA) is 33.1 Å². The van der Waals surface area contributed by atoms with E-state index in [9.17, 15) is 31.4 Å². The third-order valence-electron chi connectivity index (χ3n) is 5.41. The van der Waals surface area contributed by atoms with Crippen molar-refractivity contribution < 1.29 is 31.4 Å². The molecule has 4 rings (SSSR count). The summed E-state index contributed by atoms with van der Waals surface area (Å²) >= 11 is 0.744. The molecule has 0 aliphatic rings. The highest BCUT2D eigenvalue weighted by molar-refractivity contribution is 7.14. The molecular formula is C24H15F6NOS. The van der Waals surface area contributed by atoms with Crippen molar-refractivity contribution in [3.63, 3.8) is 0 Å². The van der Waals surface area contributed by atoms with Crippen LogP contribution in [-0.4, -0.2) is 10.1 Å². The molecule has 2 nitrogen and oxygen atoms in total. The monoisotopic (exact) mass is 479 g/mol. The van der Waals surface area contributed by atoms with Crippen molar-refractivity contribution in [3.8, 4) is 21.6 Å². The first-order chi connectivity index (χ1) is 15.6. The first-order valence-corrected chi connectivity index (χ1v) is 10.5. The van der Waals surface area contributed by atoms with Crippen LogP contribution in [0.4, 0.5) is 26.3 Å². The Morgan fingerprint density at radius 1 is 0.818 bits per heavy atom. The highest BCUT2D eigenvalue weighted by Gasteiger charge is 2.29. The summed E-state index contributed by atoms with van der Waals surface area (Å²) in [7, 11) is 0. The van der Waals surface area contributed by atoms with Crippen molar-refractivity contribution in [1.82, 2.24) is 4.98 Å². The van der Waals surface area contributed by atoms with Gasteiger partial charge in [-0.25, -0.2) is 26.3 Å². The van der Waals surface area contributed by atoms with Gasteiger partial charge in [0.05, 0.1) is 0 Å². The van der Waals surface area contributed by atoms with Crippen molar-refractivity contribution in [2.75, 3.05) is 0 Å². The van der Waals surface area contributed by atoms with Crippen LogP contribution in [0.15, 0.2) is 42.0 Å². The standard InChI is InChI=1S/C24H15F6NOS/c1-10-16(25)6-13(21(29)19(10)27)15-9-33-24(14-7-17(26)11(2)20(28)22(14)30)18(15)23(32)12-4-3-5-31-8-12/h3-9,23,32H,1-2H3. The molecule has 2 aromatic carbocycles. The third-order valence-corrected chi connectivity index (χ3v) is 6.44. The minimum atomic E-state index is -1.58. The van der Waals surface area contributed by atoms with E-state index >= 15 is 0 Å². The molecule has 0 aliphatic heterocycles. The molecule has 170 valence electrons. The molecular weight excluding hydrogens is 464 g/mol.